The van der Waals surface area contributed by atoms with Crippen LogP contribution >= 0.6 is 0 Å². The Bertz CT molecular complexity index is 356. The predicted molar refractivity (Wildman–Crippen MR) is 59.4 cm³/mol. The van der Waals surface area contributed by atoms with Crippen molar-refractivity contribution in [3.63, 3.8) is 0 Å². The first-order chi connectivity index (χ1) is 6.75. The fourth-order valence-corrected chi connectivity index (χ4v) is 3.97. The first-order valence-corrected chi connectivity index (χ1v) is 5.83. The van der Waals surface area contributed by atoms with Gasteiger partial charge >= 0.3 is 0 Å². The van der Waals surface area contributed by atoms with Crippen molar-refractivity contribution >= 4 is 0 Å². The van der Waals surface area contributed by atoms with Crippen LogP contribution in [0.15, 0.2) is 24.3 Å². The molecule has 0 aliphatic heterocycles. The van der Waals surface area contributed by atoms with Gasteiger partial charge in [-0.2, -0.15) is 0 Å². The minimum atomic E-state index is 0.566. The van der Waals surface area contributed by atoms with E-state index in [0.29, 0.717) is 5.41 Å². The molecule has 1 fully saturated rings. The monoisotopic (exact) mass is 186 g/mol. The van der Waals surface area contributed by atoms with Gasteiger partial charge in [0.15, 0.2) is 0 Å². The summed E-state index contributed by atoms with van der Waals surface area (Å²) in [7, 11) is 0. The standard InChI is InChI=1S/C14H18/c1-10-9-11(2)14(10)8-7-12-5-3-4-6-13(12)14/h3-6,10-11H,7-9H2,1-2H3. The highest BCUT2D eigenvalue weighted by Gasteiger charge is 2.53. The zero-order valence-corrected chi connectivity index (χ0v) is 9.09. The van der Waals surface area contributed by atoms with Gasteiger partial charge in [0.1, 0.15) is 0 Å². The van der Waals surface area contributed by atoms with Gasteiger partial charge in [0, 0.05) is 5.41 Å². The van der Waals surface area contributed by atoms with Gasteiger partial charge < -0.3 is 0 Å². The summed E-state index contributed by atoms with van der Waals surface area (Å²) in [6.07, 6.45) is 4.13. The SMILES string of the molecule is CC1CC(C)C12CCc1ccccc12. The van der Waals surface area contributed by atoms with Crippen molar-refractivity contribution in [3.05, 3.63) is 35.4 Å². The summed E-state index contributed by atoms with van der Waals surface area (Å²) < 4.78 is 0. The van der Waals surface area contributed by atoms with E-state index in [0.717, 1.165) is 11.8 Å². The van der Waals surface area contributed by atoms with Crippen molar-refractivity contribution in [2.75, 3.05) is 0 Å². The smallest absolute Gasteiger partial charge is 0.00103 e. The van der Waals surface area contributed by atoms with E-state index in [9.17, 15) is 0 Å². The molecule has 1 spiro atoms. The molecule has 1 saturated carbocycles. The van der Waals surface area contributed by atoms with E-state index in [1.807, 2.05) is 0 Å². The molecule has 0 aromatic heterocycles. The van der Waals surface area contributed by atoms with Crippen LogP contribution in [0.1, 0.15) is 37.8 Å². The van der Waals surface area contributed by atoms with Crippen LogP contribution in [0.25, 0.3) is 0 Å². The van der Waals surface area contributed by atoms with Gasteiger partial charge in [0.05, 0.1) is 0 Å². The highest BCUT2D eigenvalue weighted by molar-refractivity contribution is 5.42. The predicted octanol–water partition coefficient (Wildman–Crippen LogP) is 3.55. The second-order valence-corrected chi connectivity index (χ2v) is 5.24. The van der Waals surface area contributed by atoms with Gasteiger partial charge in [-0.25, -0.2) is 0 Å². The van der Waals surface area contributed by atoms with Crippen molar-refractivity contribution in [1.82, 2.24) is 0 Å². The van der Waals surface area contributed by atoms with E-state index < -0.39 is 0 Å². The normalized spacial score (nSPS) is 39.6. The van der Waals surface area contributed by atoms with Crippen molar-refractivity contribution in [2.45, 2.75) is 38.5 Å². The molecule has 0 heteroatoms. The van der Waals surface area contributed by atoms with Crippen LogP contribution in [-0.2, 0) is 11.8 Å². The fourth-order valence-electron chi connectivity index (χ4n) is 3.97. The van der Waals surface area contributed by atoms with Crippen molar-refractivity contribution in [2.24, 2.45) is 11.8 Å². The lowest BCUT2D eigenvalue weighted by atomic mass is 9.51. The number of hydrogen-bond acceptors (Lipinski definition) is 0. The van der Waals surface area contributed by atoms with E-state index in [2.05, 4.69) is 38.1 Å². The Morgan fingerprint density at radius 1 is 1.14 bits per heavy atom. The van der Waals surface area contributed by atoms with Crippen molar-refractivity contribution in [3.8, 4) is 0 Å². The number of rotatable bonds is 0. The minimum Gasteiger partial charge on any atom is -0.0620 e. The van der Waals surface area contributed by atoms with Gasteiger partial charge in [-0.05, 0) is 42.2 Å². The molecule has 0 saturated heterocycles. The third kappa shape index (κ3) is 0.802. The fraction of sp³-hybridized carbons (Fsp3) is 0.571. The third-order valence-corrected chi connectivity index (χ3v) is 4.79. The minimum absolute atomic E-state index is 0.566. The number of benzene rings is 1. The summed E-state index contributed by atoms with van der Waals surface area (Å²) in [5, 5.41) is 0. The largest absolute Gasteiger partial charge is 0.0620 e. The van der Waals surface area contributed by atoms with Crippen LogP contribution in [0.3, 0.4) is 0 Å². The molecule has 0 radical (unpaired) electrons. The Hall–Kier alpha value is -0.780. The van der Waals surface area contributed by atoms with Crippen LogP contribution in [0.2, 0.25) is 0 Å². The Morgan fingerprint density at radius 2 is 1.86 bits per heavy atom. The second-order valence-electron chi connectivity index (χ2n) is 5.24. The Balaban J connectivity index is 2.13. The average molecular weight is 186 g/mol. The number of aryl methyl sites for hydroxylation is 1. The highest BCUT2D eigenvalue weighted by atomic mass is 14.6. The maximum absolute atomic E-state index is 2.43. The van der Waals surface area contributed by atoms with Gasteiger partial charge in [0.25, 0.3) is 0 Å². The van der Waals surface area contributed by atoms with Gasteiger partial charge in [-0.1, -0.05) is 38.1 Å². The molecule has 2 atom stereocenters. The topological polar surface area (TPSA) is 0 Å². The molecule has 14 heavy (non-hydrogen) atoms. The van der Waals surface area contributed by atoms with Crippen LogP contribution in [-0.4, -0.2) is 0 Å². The second kappa shape index (κ2) is 2.62. The quantitative estimate of drug-likeness (QED) is 0.581. The maximum Gasteiger partial charge on any atom is 0.00103 e. The van der Waals surface area contributed by atoms with Crippen LogP contribution in [0.5, 0.6) is 0 Å². The lowest BCUT2D eigenvalue weighted by Crippen LogP contribution is -2.48. The molecule has 3 rings (SSSR count). The number of fused-ring (bicyclic) bond motifs is 2. The molecule has 2 aliphatic rings. The van der Waals surface area contributed by atoms with E-state index in [1.54, 1.807) is 11.1 Å². The molecule has 0 heterocycles. The van der Waals surface area contributed by atoms with E-state index in [4.69, 9.17) is 0 Å². The molecule has 0 nitrogen and oxygen atoms in total. The van der Waals surface area contributed by atoms with E-state index >= 15 is 0 Å². The van der Waals surface area contributed by atoms with Crippen LogP contribution in [0.4, 0.5) is 0 Å². The molecular formula is C14H18. The molecule has 1 aromatic rings. The van der Waals surface area contributed by atoms with E-state index in [-0.39, 0.29) is 0 Å². The molecule has 0 bridgehead atoms. The van der Waals surface area contributed by atoms with Gasteiger partial charge in [-0.3, -0.25) is 0 Å². The molecule has 1 aromatic carbocycles. The summed E-state index contributed by atoms with van der Waals surface area (Å²) in [6.45, 7) is 4.87. The van der Waals surface area contributed by atoms with Crippen LogP contribution in [0, 0.1) is 11.8 Å². The van der Waals surface area contributed by atoms with Gasteiger partial charge in [0.2, 0.25) is 0 Å². The molecule has 74 valence electrons. The third-order valence-electron chi connectivity index (χ3n) is 4.79. The van der Waals surface area contributed by atoms with E-state index in [1.165, 1.54) is 19.3 Å². The first kappa shape index (κ1) is 8.52. The summed E-state index contributed by atoms with van der Waals surface area (Å²) in [5.41, 5.74) is 3.86. The zero-order chi connectivity index (χ0) is 9.76. The summed E-state index contributed by atoms with van der Waals surface area (Å²) in [6, 6.07) is 9.09. The molecule has 2 aliphatic carbocycles. The summed E-state index contributed by atoms with van der Waals surface area (Å²) >= 11 is 0. The lowest BCUT2D eigenvalue weighted by molar-refractivity contribution is 0.0523. The summed E-state index contributed by atoms with van der Waals surface area (Å²) in [4.78, 5) is 0. The molecule has 0 N–H and O–H groups in total. The Morgan fingerprint density at radius 3 is 2.57 bits per heavy atom. The molecule has 2 unspecified atom stereocenters. The zero-order valence-electron chi connectivity index (χ0n) is 9.09. The summed E-state index contributed by atoms with van der Waals surface area (Å²) in [5.74, 6) is 1.81. The Kier molecular flexibility index (Phi) is 1.60. The molecule has 0 amide bonds. The molecular weight excluding hydrogens is 168 g/mol. The number of hydrogen-bond donors (Lipinski definition) is 0. The Labute approximate surface area is 86.3 Å². The van der Waals surface area contributed by atoms with Crippen molar-refractivity contribution < 1.29 is 0 Å². The first-order valence-electron chi connectivity index (χ1n) is 5.83. The maximum atomic E-state index is 2.43. The average Bonchev–Trinajstić information content (AvgIpc) is 2.60. The van der Waals surface area contributed by atoms with Crippen LogP contribution < -0.4 is 0 Å². The highest BCUT2D eigenvalue weighted by Crippen LogP contribution is 2.59. The van der Waals surface area contributed by atoms with Crippen molar-refractivity contribution in [1.29, 1.82) is 0 Å². The van der Waals surface area contributed by atoms with Gasteiger partial charge in [-0.15, -0.1) is 0 Å². The lowest BCUT2D eigenvalue weighted by Gasteiger charge is -2.52.